The summed E-state index contributed by atoms with van der Waals surface area (Å²) in [6.45, 7) is 8.07. The molecule has 0 saturated heterocycles. The second-order valence-electron chi connectivity index (χ2n) is 3.73. The average Bonchev–Trinajstić information content (AvgIpc) is 2.10. The van der Waals surface area contributed by atoms with Crippen molar-refractivity contribution in [3.8, 4) is 5.88 Å². The fraction of sp³-hybridized carbons (Fsp3) is 0.600. The lowest BCUT2D eigenvalue weighted by Gasteiger charge is -2.13. The maximum absolute atomic E-state index is 5.91. The molecule has 0 aliphatic rings. The molecule has 0 spiro atoms. The maximum Gasteiger partial charge on any atom is 0.241 e. The van der Waals surface area contributed by atoms with Crippen LogP contribution in [0.5, 0.6) is 5.88 Å². The van der Waals surface area contributed by atoms with Gasteiger partial charge < -0.3 is 10.5 Å². The molecule has 4 nitrogen and oxygen atoms in total. The number of anilines is 1. The molecule has 0 aromatic carbocycles. The Morgan fingerprint density at radius 1 is 1.27 bits per heavy atom. The number of thioether (sulfide) groups is 1. The quantitative estimate of drug-likeness (QED) is 0.632. The number of ether oxygens (including phenoxy) is 1. The molecule has 1 heterocycles. The molecule has 0 bridgehead atoms. The van der Waals surface area contributed by atoms with E-state index in [1.54, 1.807) is 11.8 Å². The standard InChI is InChI=1S/C10H17N3OS/c1-6(2)14-9-8(11)10(13-5-12-9)15-7(3)4/h5-7H,11H2,1-4H3. The summed E-state index contributed by atoms with van der Waals surface area (Å²) < 4.78 is 5.48. The highest BCUT2D eigenvalue weighted by atomic mass is 32.2. The third-order valence-electron chi connectivity index (χ3n) is 1.51. The second kappa shape index (κ2) is 5.21. The SMILES string of the molecule is CC(C)Oc1ncnc(SC(C)C)c1N. The minimum Gasteiger partial charge on any atom is -0.473 e. The summed E-state index contributed by atoms with van der Waals surface area (Å²) in [6.07, 6.45) is 1.55. The van der Waals surface area contributed by atoms with Crippen molar-refractivity contribution in [1.29, 1.82) is 0 Å². The topological polar surface area (TPSA) is 61.0 Å². The Morgan fingerprint density at radius 3 is 2.47 bits per heavy atom. The highest BCUT2D eigenvalue weighted by Crippen LogP contribution is 2.31. The first kappa shape index (κ1) is 12.1. The van der Waals surface area contributed by atoms with E-state index in [9.17, 15) is 0 Å². The number of aromatic nitrogens is 2. The van der Waals surface area contributed by atoms with Gasteiger partial charge >= 0.3 is 0 Å². The van der Waals surface area contributed by atoms with Gasteiger partial charge in [0.1, 0.15) is 17.0 Å². The number of nitrogens with zero attached hydrogens (tertiary/aromatic N) is 2. The smallest absolute Gasteiger partial charge is 0.241 e. The van der Waals surface area contributed by atoms with E-state index in [-0.39, 0.29) is 6.10 Å². The summed E-state index contributed by atoms with van der Waals surface area (Å²) in [5, 5.41) is 1.23. The highest BCUT2D eigenvalue weighted by Gasteiger charge is 2.11. The van der Waals surface area contributed by atoms with Crippen LogP contribution in [0.25, 0.3) is 0 Å². The highest BCUT2D eigenvalue weighted by molar-refractivity contribution is 7.99. The first-order valence-electron chi connectivity index (χ1n) is 4.94. The molecule has 84 valence electrons. The van der Waals surface area contributed by atoms with Crippen LogP contribution in [-0.2, 0) is 0 Å². The van der Waals surface area contributed by atoms with Gasteiger partial charge in [-0.15, -0.1) is 11.8 Å². The Hall–Kier alpha value is -0.970. The fourth-order valence-corrected chi connectivity index (χ4v) is 1.77. The molecule has 0 unspecified atom stereocenters. The third-order valence-corrected chi connectivity index (χ3v) is 2.53. The monoisotopic (exact) mass is 227 g/mol. The average molecular weight is 227 g/mol. The lowest BCUT2D eigenvalue weighted by Crippen LogP contribution is -2.10. The number of hydrogen-bond acceptors (Lipinski definition) is 5. The summed E-state index contributed by atoms with van der Waals surface area (Å²) in [6, 6.07) is 0. The lowest BCUT2D eigenvalue weighted by molar-refractivity contribution is 0.233. The summed E-state index contributed by atoms with van der Waals surface area (Å²) in [7, 11) is 0. The van der Waals surface area contributed by atoms with Crippen molar-refractivity contribution in [3.05, 3.63) is 6.33 Å². The van der Waals surface area contributed by atoms with Gasteiger partial charge in [0.05, 0.1) is 6.10 Å². The molecule has 1 rings (SSSR count). The molecule has 0 amide bonds. The van der Waals surface area contributed by atoms with Gasteiger partial charge in [-0.3, -0.25) is 0 Å². The van der Waals surface area contributed by atoms with Gasteiger partial charge in [-0.1, -0.05) is 13.8 Å². The van der Waals surface area contributed by atoms with Crippen LogP contribution in [-0.4, -0.2) is 21.3 Å². The first-order chi connectivity index (χ1) is 7.00. The summed E-state index contributed by atoms with van der Waals surface area (Å²) in [4.78, 5) is 8.15. The minimum absolute atomic E-state index is 0.0686. The lowest BCUT2D eigenvalue weighted by atomic mass is 10.4. The second-order valence-corrected chi connectivity index (χ2v) is 5.30. The van der Waals surface area contributed by atoms with Crippen molar-refractivity contribution >= 4 is 17.4 Å². The van der Waals surface area contributed by atoms with Gasteiger partial charge in [0.15, 0.2) is 0 Å². The van der Waals surface area contributed by atoms with Gasteiger partial charge in [0.2, 0.25) is 5.88 Å². The van der Waals surface area contributed by atoms with E-state index in [2.05, 4.69) is 23.8 Å². The van der Waals surface area contributed by atoms with Gasteiger partial charge in [-0.05, 0) is 13.8 Å². The van der Waals surface area contributed by atoms with Crippen LogP contribution in [0.15, 0.2) is 11.4 Å². The predicted molar refractivity (Wildman–Crippen MR) is 63.2 cm³/mol. The molecule has 0 aliphatic heterocycles. The molecule has 1 aromatic heterocycles. The molecule has 1 aromatic rings. The van der Waals surface area contributed by atoms with Gasteiger partial charge in [-0.2, -0.15) is 4.98 Å². The van der Waals surface area contributed by atoms with E-state index < -0.39 is 0 Å². The van der Waals surface area contributed by atoms with E-state index in [4.69, 9.17) is 10.5 Å². The van der Waals surface area contributed by atoms with Crippen LogP contribution in [0.3, 0.4) is 0 Å². The van der Waals surface area contributed by atoms with Crippen LogP contribution in [0.2, 0.25) is 0 Å². The number of nitrogen functional groups attached to an aromatic ring is 1. The van der Waals surface area contributed by atoms with E-state index in [1.807, 2.05) is 13.8 Å². The fourth-order valence-electron chi connectivity index (χ4n) is 0.999. The maximum atomic E-state index is 5.91. The molecule has 0 fully saturated rings. The van der Waals surface area contributed by atoms with Crippen LogP contribution >= 0.6 is 11.8 Å². The van der Waals surface area contributed by atoms with Crippen molar-refractivity contribution in [2.24, 2.45) is 0 Å². The Kier molecular flexibility index (Phi) is 4.20. The van der Waals surface area contributed by atoms with Crippen molar-refractivity contribution in [3.63, 3.8) is 0 Å². The van der Waals surface area contributed by atoms with E-state index in [0.29, 0.717) is 16.8 Å². The first-order valence-corrected chi connectivity index (χ1v) is 5.82. The summed E-state index contributed by atoms with van der Waals surface area (Å²) in [5.41, 5.74) is 6.44. The molecule has 2 N–H and O–H groups in total. The Bertz CT molecular complexity index is 300. The summed E-state index contributed by atoms with van der Waals surface area (Å²) in [5.74, 6) is 0.475. The van der Waals surface area contributed by atoms with E-state index in [0.717, 1.165) is 5.03 Å². The zero-order chi connectivity index (χ0) is 11.4. The van der Waals surface area contributed by atoms with Gasteiger partial charge in [0, 0.05) is 5.25 Å². The van der Waals surface area contributed by atoms with Crippen molar-refractivity contribution in [1.82, 2.24) is 9.97 Å². The molecule has 0 saturated carbocycles. The van der Waals surface area contributed by atoms with E-state index in [1.165, 1.54) is 6.33 Å². The van der Waals surface area contributed by atoms with Crippen molar-refractivity contribution < 1.29 is 4.74 Å². The van der Waals surface area contributed by atoms with Crippen molar-refractivity contribution in [2.45, 2.75) is 44.1 Å². The molecule has 0 aliphatic carbocycles. The van der Waals surface area contributed by atoms with Crippen LogP contribution in [0.1, 0.15) is 27.7 Å². The molecule has 5 heteroatoms. The third kappa shape index (κ3) is 3.58. The number of rotatable bonds is 4. The van der Waals surface area contributed by atoms with E-state index >= 15 is 0 Å². The van der Waals surface area contributed by atoms with Crippen LogP contribution < -0.4 is 10.5 Å². The largest absolute Gasteiger partial charge is 0.473 e. The Labute approximate surface area is 94.6 Å². The van der Waals surface area contributed by atoms with Crippen LogP contribution in [0.4, 0.5) is 5.69 Å². The van der Waals surface area contributed by atoms with Gasteiger partial charge in [-0.25, -0.2) is 4.98 Å². The van der Waals surface area contributed by atoms with Crippen molar-refractivity contribution in [2.75, 3.05) is 5.73 Å². The molecule has 0 radical (unpaired) electrons. The predicted octanol–water partition coefficient (Wildman–Crippen LogP) is 2.35. The zero-order valence-electron chi connectivity index (χ0n) is 9.52. The number of hydrogen-bond donors (Lipinski definition) is 1. The molecule has 15 heavy (non-hydrogen) atoms. The molecular formula is C10H17N3OS. The normalized spacial score (nSPS) is 11.1. The number of nitrogens with two attached hydrogens (primary N) is 1. The van der Waals surface area contributed by atoms with Crippen LogP contribution in [0, 0.1) is 0 Å². The summed E-state index contributed by atoms with van der Waals surface area (Å²) >= 11 is 1.61. The Balaban J connectivity index is 2.90. The minimum atomic E-state index is 0.0686. The molecule has 0 atom stereocenters. The van der Waals surface area contributed by atoms with Gasteiger partial charge in [0.25, 0.3) is 0 Å². The zero-order valence-corrected chi connectivity index (χ0v) is 10.3. The Morgan fingerprint density at radius 2 is 1.93 bits per heavy atom. The molecular weight excluding hydrogens is 210 g/mol.